The predicted molar refractivity (Wildman–Crippen MR) is 54.1 cm³/mol. The monoisotopic (exact) mass is 235 g/mol. The van der Waals surface area contributed by atoms with Gasteiger partial charge in [0.15, 0.2) is 17.4 Å². The van der Waals surface area contributed by atoms with Crippen LogP contribution < -0.4 is 4.74 Å². The molecule has 0 fully saturated rings. The van der Waals surface area contributed by atoms with Gasteiger partial charge in [0.1, 0.15) is 12.4 Å². The van der Waals surface area contributed by atoms with Gasteiger partial charge in [-0.25, -0.2) is 8.78 Å². The maximum absolute atomic E-state index is 13.4. The van der Waals surface area contributed by atoms with Crippen LogP contribution in [0, 0.1) is 23.0 Å². The van der Waals surface area contributed by atoms with Crippen LogP contribution in [0.5, 0.6) is 5.75 Å². The van der Waals surface area contributed by atoms with Crippen molar-refractivity contribution in [2.45, 2.75) is 6.61 Å². The number of furan rings is 1. The summed E-state index contributed by atoms with van der Waals surface area (Å²) < 4.78 is 36.7. The van der Waals surface area contributed by atoms with Crippen molar-refractivity contribution in [3.8, 4) is 11.8 Å². The third kappa shape index (κ3) is 2.42. The summed E-state index contributed by atoms with van der Waals surface area (Å²) in [6.07, 6.45) is 1.43. The lowest BCUT2D eigenvalue weighted by Gasteiger charge is -2.06. The summed E-state index contributed by atoms with van der Waals surface area (Å²) in [5, 5.41) is 8.52. The highest BCUT2D eigenvalue weighted by Crippen LogP contribution is 2.24. The number of hydrogen-bond acceptors (Lipinski definition) is 3. The Labute approximate surface area is 95.8 Å². The lowest BCUT2D eigenvalue weighted by molar-refractivity contribution is 0.246. The van der Waals surface area contributed by atoms with Crippen molar-refractivity contribution < 1.29 is 17.9 Å². The molecule has 3 nitrogen and oxygen atoms in total. The molecule has 1 heterocycles. The van der Waals surface area contributed by atoms with Crippen molar-refractivity contribution >= 4 is 0 Å². The van der Waals surface area contributed by atoms with Crippen molar-refractivity contribution in [1.29, 1.82) is 5.26 Å². The van der Waals surface area contributed by atoms with Crippen LogP contribution in [0.25, 0.3) is 0 Å². The van der Waals surface area contributed by atoms with Crippen LogP contribution in [-0.2, 0) is 6.61 Å². The molecule has 0 bridgehead atoms. The molecular formula is C12H7F2NO2. The quantitative estimate of drug-likeness (QED) is 0.821. The highest BCUT2D eigenvalue weighted by atomic mass is 19.1. The van der Waals surface area contributed by atoms with Gasteiger partial charge in [-0.15, -0.1) is 0 Å². The Balaban J connectivity index is 2.19. The molecule has 1 aromatic heterocycles. The minimum atomic E-state index is -0.909. The topological polar surface area (TPSA) is 46.2 Å². The zero-order valence-corrected chi connectivity index (χ0v) is 8.61. The van der Waals surface area contributed by atoms with E-state index in [0.717, 1.165) is 12.1 Å². The van der Waals surface area contributed by atoms with Crippen LogP contribution in [-0.4, -0.2) is 0 Å². The molecule has 0 spiro atoms. The van der Waals surface area contributed by atoms with E-state index in [1.807, 2.05) is 0 Å². The van der Waals surface area contributed by atoms with Crippen molar-refractivity contribution in [3.63, 3.8) is 0 Å². The molecule has 0 aliphatic carbocycles. The molecule has 0 radical (unpaired) electrons. The van der Waals surface area contributed by atoms with Gasteiger partial charge in [0.2, 0.25) is 0 Å². The fraction of sp³-hybridized carbons (Fsp3) is 0.0833. The molecular weight excluding hydrogens is 228 g/mol. The molecule has 0 saturated heterocycles. The summed E-state index contributed by atoms with van der Waals surface area (Å²) in [6.45, 7) is -0.0766. The van der Waals surface area contributed by atoms with Crippen LogP contribution in [0.4, 0.5) is 8.78 Å². The SMILES string of the molecule is N#Cc1cc(F)c(OCc2ccco2)c(F)c1. The number of rotatable bonds is 3. The van der Waals surface area contributed by atoms with E-state index in [9.17, 15) is 8.78 Å². The highest BCUT2D eigenvalue weighted by molar-refractivity contribution is 5.37. The zero-order chi connectivity index (χ0) is 12.3. The molecule has 0 aliphatic rings. The zero-order valence-electron chi connectivity index (χ0n) is 8.61. The number of nitriles is 1. The average molecular weight is 235 g/mol. The second kappa shape index (κ2) is 4.66. The van der Waals surface area contributed by atoms with Gasteiger partial charge in [-0.2, -0.15) is 5.26 Å². The Morgan fingerprint density at radius 3 is 2.53 bits per heavy atom. The number of ether oxygens (including phenoxy) is 1. The van der Waals surface area contributed by atoms with Gasteiger partial charge < -0.3 is 9.15 Å². The first-order valence-corrected chi connectivity index (χ1v) is 4.75. The van der Waals surface area contributed by atoms with E-state index in [-0.39, 0.29) is 12.2 Å². The van der Waals surface area contributed by atoms with Gasteiger partial charge >= 0.3 is 0 Å². The minimum absolute atomic E-state index is 0.0766. The molecule has 0 aliphatic heterocycles. The molecule has 2 rings (SSSR count). The van der Waals surface area contributed by atoms with E-state index < -0.39 is 17.4 Å². The summed E-state index contributed by atoms with van der Waals surface area (Å²) in [6, 6.07) is 6.75. The Kier molecular flexibility index (Phi) is 3.06. The van der Waals surface area contributed by atoms with Crippen molar-refractivity contribution in [3.05, 3.63) is 53.5 Å². The normalized spacial score (nSPS) is 9.94. The van der Waals surface area contributed by atoms with Gasteiger partial charge in [-0.3, -0.25) is 0 Å². The van der Waals surface area contributed by atoms with Gasteiger partial charge in [-0.05, 0) is 24.3 Å². The molecule has 0 atom stereocenters. The van der Waals surface area contributed by atoms with Crippen LogP contribution >= 0.6 is 0 Å². The second-order valence-electron chi connectivity index (χ2n) is 3.25. The molecule has 86 valence electrons. The molecule has 0 amide bonds. The Bertz CT molecular complexity index is 535. The Morgan fingerprint density at radius 1 is 1.29 bits per heavy atom. The maximum atomic E-state index is 13.4. The molecule has 0 saturated carbocycles. The number of nitrogens with zero attached hydrogens (tertiary/aromatic N) is 1. The second-order valence-corrected chi connectivity index (χ2v) is 3.25. The molecule has 0 N–H and O–H groups in total. The summed E-state index contributed by atoms with van der Waals surface area (Å²) in [5.74, 6) is -1.88. The molecule has 0 unspecified atom stereocenters. The van der Waals surface area contributed by atoms with E-state index in [1.54, 1.807) is 18.2 Å². The number of halogens is 2. The fourth-order valence-corrected chi connectivity index (χ4v) is 1.30. The highest BCUT2D eigenvalue weighted by Gasteiger charge is 2.13. The van der Waals surface area contributed by atoms with Crippen molar-refractivity contribution in [2.24, 2.45) is 0 Å². The van der Waals surface area contributed by atoms with Gasteiger partial charge in [0, 0.05) is 0 Å². The summed E-state index contributed by atoms with van der Waals surface area (Å²) in [4.78, 5) is 0. The molecule has 1 aromatic carbocycles. The van der Waals surface area contributed by atoms with E-state index in [2.05, 4.69) is 0 Å². The lowest BCUT2D eigenvalue weighted by Crippen LogP contribution is -1.99. The third-order valence-electron chi connectivity index (χ3n) is 2.07. The molecule has 2 aromatic rings. The predicted octanol–water partition coefficient (Wildman–Crippen LogP) is 3.01. The minimum Gasteiger partial charge on any atom is -0.480 e. The first kappa shape index (κ1) is 11.1. The van der Waals surface area contributed by atoms with E-state index in [0.29, 0.717) is 5.76 Å². The van der Waals surface area contributed by atoms with E-state index in [1.165, 1.54) is 6.26 Å². The van der Waals surface area contributed by atoms with Crippen LogP contribution in [0.3, 0.4) is 0 Å². The van der Waals surface area contributed by atoms with Gasteiger partial charge in [0.05, 0.1) is 17.9 Å². The average Bonchev–Trinajstić information content (AvgIpc) is 2.80. The smallest absolute Gasteiger partial charge is 0.191 e. The maximum Gasteiger partial charge on any atom is 0.191 e. The van der Waals surface area contributed by atoms with Crippen LogP contribution in [0.2, 0.25) is 0 Å². The van der Waals surface area contributed by atoms with Crippen LogP contribution in [0.15, 0.2) is 34.9 Å². The van der Waals surface area contributed by atoms with Crippen molar-refractivity contribution in [2.75, 3.05) is 0 Å². The Morgan fingerprint density at radius 2 is 2.00 bits per heavy atom. The summed E-state index contributed by atoms with van der Waals surface area (Å²) in [5.41, 5.74) is -0.0923. The van der Waals surface area contributed by atoms with Crippen LogP contribution in [0.1, 0.15) is 11.3 Å². The fourth-order valence-electron chi connectivity index (χ4n) is 1.30. The third-order valence-corrected chi connectivity index (χ3v) is 2.07. The summed E-state index contributed by atoms with van der Waals surface area (Å²) in [7, 11) is 0. The van der Waals surface area contributed by atoms with Gasteiger partial charge in [0.25, 0.3) is 0 Å². The van der Waals surface area contributed by atoms with E-state index in [4.69, 9.17) is 14.4 Å². The van der Waals surface area contributed by atoms with Crippen molar-refractivity contribution in [1.82, 2.24) is 0 Å². The molecule has 17 heavy (non-hydrogen) atoms. The van der Waals surface area contributed by atoms with E-state index >= 15 is 0 Å². The molecule has 5 heteroatoms. The van der Waals surface area contributed by atoms with Gasteiger partial charge in [-0.1, -0.05) is 0 Å². The Hall–Kier alpha value is -2.35. The first-order valence-electron chi connectivity index (χ1n) is 4.75. The lowest BCUT2D eigenvalue weighted by atomic mass is 10.2. The first-order chi connectivity index (χ1) is 8.20. The standard InChI is InChI=1S/C12H7F2NO2/c13-10-4-8(6-15)5-11(14)12(10)17-7-9-2-1-3-16-9/h1-5H,7H2. The largest absolute Gasteiger partial charge is 0.480 e. The number of hydrogen-bond donors (Lipinski definition) is 0. The number of benzene rings is 1. The summed E-state index contributed by atoms with van der Waals surface area (Å²) >= 11 is 0.